The van der Waals surface area contributed by atoms with Gasteiger partial charge in [-0.05, 0) is 18.2 Å². The van der Waals surface area contributed by atoms with E-state index in [1.807, 2.05) is 0 Å². The molecule has 0 unspecified atom stereocenters. The quantitative estimate of drug-likeness (QED) is 0.732. The molecule has 0 aliphatic rings. The molecule has 69 valence electrons. The topological polar surface area (TPSA) is 37.3 Å². The number of hydrogen-bond donors (Lipinski definition) is 1. The lowest BCUT2D eigenvalue weighted by molar-refractivity contribution is -0.137. The van der Waals surface area contributed by atoms with Crippen LogP contribution < -0.4 is 0 Å². The van der Waals surface area contributed by atoms with Crippen molar-refractivity contribution in [2.45, 2.75) is 6.18 Å². The SMILES string of the molecule is O=[C]c1ccc(C(F)(F)F)cc1O. The second-order valence-electron chi connectivity index (χ2n) is 2.33. The third-order valence-electron chi connectivity index (χ3n) is 1.44. The van der Waals surface area contributed by atoms with Gasteiger partial charge in [0, 0.05) is 0 Å². The molecule has 0 aliphatic carbocycles. The first-order valence-corrected chi connectivity index (χ1v) is 3.23. The standard InChI is InChI=1S/C8H4F3O2/c9-8(10,11)6-2-1-5(4-12)7(13)3-6/h1-3,13H. The molecule has 0 spiro atoms. The van der Waals surface area contributed by atoms with Crippen LogP contribution in [0.5, 0.6) is 5.75 Å². The number of halogens is 3. The predicted molar refractivity (Wildman–Crippen MR) is 37.9 cm³/mol. The summed E-state index contributed by atoms with van der Waals surface area (Å²) in [5.41, 5.74) is -1.28. The Bertz CT molecular complexity index is 331. The van der Waals surface area contributed by atoms with Gasteiger partial charge in [-0.15, -0.1) is 0 Å². The van der Waals surface area contributed by atoms with Crippen molar-refractivity contribution in [3.05, 3.63) is 29.3 Å². The smallest absolute Gasteiger partial charge is 0.416 e. The summed E-state index contributed by atoms with van der Waals surface area (Å²) in [5, 5.41) is 8.89. The van der Waals surface area contributed by atoms with Crippen molar-refractivity contribution in [3.8, 4) is 5.75 Å². The number of phenols is 1. The first-order chi connectivity index (χ1) is 5.95. The number of phenolic OH excluding ortho intramolecular Hbond substituents is 1. The normalized spacial score (nSPS) is 11.3. The third-order valence-corrected chi connectivity index (χ3v) is 1.44. The maximum atomic E-state index is 12.0. The van der Waals surface area contributed by atoms with E-state index in [0.29, 0.717) is 12.1 Å². The molecule has 1 rings (SSSR count). The molecular formula is C8H4F3O2. The van der Waals surface area contributed by atoms with Crippen LogP contribution in [0.4, 0.5) is 13.2 Å². The van der Waals surface area contributed by atoms with Crippen LogP contribution in [-0.2, 0) is 11.0 Å². The van der Waals surface area contributed by atoms with Crippen LogP contribution in [0.15, 0.2) is 18.2 Å². The Morgan fingerprint density at radius 2 is 1.92 bits per heavy atom. The number of benzene rings is 1. The molecule has 1 N–H and O–H groups in total. The molecule has 0 fully saturated rings. The van der Waals surface area contributed by atoms with Gasteiger partial charge in [-0.25, -0.2) is 0 Å². The van der Waals surface area contributed by atoms with Gasteiger partial charge in [-0.2, -0.15) is 13.2 Å². The second-order valence-corrected chi connectivity index (χ2v) is 2.33. The van der Waals surface area contributed by atoms with Crippen LogP contribution in [-0.4, -0.2) is 11.4 Å². The fourth-order valence-electron chi connectivity index (χ4n) is 0.794. The fraction of sp³-hybridized carbons (Fsp3) is 0.125. The molecular weight excluding hydrogens is 185 g/mol. The third kappa shape index (κ3) is 1.99. The van der Waals surface area contributed by atoms with Gasteiger partial charge in [-0.1, -0.05) is 0 Å². The van der Waals surface area contributed by atoms with Gasteiger partial charge in [0.2, 0.25) is 6.29 Å². The van der Waals surface area contributed by atoms with Crippen molar-refractivity contribution in [1.29, 1.82) is 0 Å². The van der Waals surface area contributed by atoms with E-state index in [4.69, 9.17) is 5.11 Å². The van der Waals surface area contributed by atoms with E-state index in [-0.39, 0.29) is 5.56 Å². The molecule has 0 amide bonds. The first-order valence-electron chi connectivity index (χ1n) is 3.23. The Balaban J connectivity index is 3.17. The van der Waals surface area contributed by atoms with Gasteiger partial charge in [0.1, 0.15) is 5.75 Å². The molecule has 0 aromatic heterocycles. The average molecular weight is 189 g/mol. The molecule has 1 radical (unpaired) electrons. The molecule has 5 heteroatoms. The highest BCUT2D eigenvalue weighted by Crippen LogP contribution is 2.31. The van der Waals surface area contributed by atoms with Crippen molar-refractivity contribution < 1.29 is 23.1 Å². The van der Waals surface area contributed by atoms with Crippen molar-refractivity contribution in [2.75, 3.05) is 0 Å². The summed E-state index contributed by atoms with van der Waals surface area (Å²) >= 11 is 0. The number of rotatable bonds is 1. The molecule has 1 aromatic carbocycles. The summed E-state index contributed by atoms with van der Waals surface area (Å²) in [6.07, 6.45) is -3.21. The van der Waals surface area contributed by atoms with E-state index in [1.165, 1.54) is 6.29 Å². The summed E-state index contributed by atoms with van der Waals surface area (Å²) in [6.45, 7) is 0. The Labute approximate surface area is 71.6 Å². The van der Waals surface area contributed by atoms with Crippen molar-refractivity contribution in [2.24, 2.45) is 0 Å². The van der Waals surface area contributed by atoms with Crippen molar-refractivity contribution in [1.82, 2.24) is 0 Å². The Morgan fingerprint density at radius 1 is 1.31 bits per heavy atom. The summed E-state index contributed by atoms with van der Waals surface area (Å²) in [4.78, 5) is 10.0. The van der Waals surface area contributed by atoms with Crippen LogP contribution in [0.25, 0.3) is 0 Å². The van der Waals surface area contributed by atoms with E-state index in [9.17, 15) is 18.0 Å². The maximum absolute atomic E-state index is 12.0. The molecule has 0 bridgehead atoms. The molecule has 1 aromatic rings. The lowest BCUT2D eigenvalue weighted by Gasteiger charge is -2.06. The minimum absolute atomic E-state index is 0.284. The Hall–Kier alpha value is -1.52. The van der Waals surface area contributed by atoms with E-state index >= 15 is 0 Å². The number of alkyl halides is 3. The van der Waals surface area contributed by atoms with E-state index in [2.05, 4.69) is 0 Å². The Morgan fingerprint density at radius 3 is 2.31 bits per heavy atom. The van der Waals surface area contributed by atoms with E-state index < -0.39 is 17.5 Å². The monoisotopic (exact) mass is 189 g/mol. The molecule has 0 aliphatic heterocycles. The van der Waals surface area contributed by atoms with Crippen LogP contribution in [0, 0.1) is 0 Å². The summed E-state index contributed by atoms with van der Waals surface area (Å²) in [5.74, 6) is -0.718. The zero-order valence-electron chi connectivity index (χ0n) is 6.22. The lowest BCUT2D eigenvalue weighted by Crippen LogP contribution is -2.04. The van der Waals surface area contributed by atoms with Gasteiger partial charge < -0.3 is 5.11 Å². The highest BCUT2D eigenvalue weighted by molar-refractivity contribution is 5.79. The van der Waals surface area contributed by atoms with E-state index in [1.54, 1.807) is 0 Å². The van der Waals surface area contributed by atoms with Crippen LogP contribution >= 0.6 is 0 Å². The maximum Gasteiger partial charge on any atom is 0.416 e. The lowest BCUT2D eigenvalue weighted by atomic mass is 10.1. The van der Waals surface area contributed by atoms with Gasteiger partial charge in [0.25, 0.3) is 0 Å². The van der Waals surface area contributed by atoms with Crippen LogP contribution in [0.1, 0.15) is 11.1 Å². The van der Waals surface area contributed by atoms with Crippen molar-refractivity contribution in [3.63, 3.8) is 0 Å². The number of carbonyl (C=O) groups excluding carboxylic acids is 1. The largest absolute Gasteiger partial charge is 0.507 e. The summed E-state index contributed by atoms with van der Waals surface area (Å²) < 4.78 is 36.0. The zero-order chi connectivity index (χ0) is 10.1. The van der Waals surface area contributed by atoms with Gasteiger partial charge in [-0.3, -0.25) is 4.79 Å². The minimum atomic E-state index is -4.51. The zero-order valence-corrected chi connectivity index (χ0v) is 6.22. The summed E-state index contributed by atoms with van der Waals surface area (Å²) in [7, 11) is 0. The summed E-state index contributed by atoms with van der Waals surface area (Å²) in [6, 6.07) is 2.06. The average Bonchev–Trinajstić information content (AvgIpc) is 2.02. The second kappa shape index (κ2) is 3.08. The van der Waals surface area contributed by atoms with Gasteiger partial charge >= 0.3 is 6.18 Å². The predicted octanol–water partition coefficient (Wildman–Crippen LogP) is 1.87. The Kier molecular flexibility index (Phi) is 2.27. The van der Waals surface area contributed by atoms with Crippen LogP contribution in [0.2, 0.25) is 0 Å². The number of aromatic hydroxyl groups is 1. The minimum Gasteiger partial charge on any atom is -0.507 e. The van der Waals surface area contributed by atoms with E-state index in [0.717, 1.165) is 6.07 Å². The van der Waals surface area contributed by atoms with Crippen molar-refractivity contribution >= 4 is 6.29 Å². The highest BCUT2D eigenvalue weighted by atomic mass is 19.4. The molecule has 0 atom stereocenters. The molecule has 13 heavy (non-hydrogen) atoms. The fourth-order valence-corrected chi connectivity index (χ4v) is 0.794. The molecule has 0 saturated carbocycles. The molecule has 0 heterocycles. The van der Waals surface area contributed by atoms with Gasteiger partial charge in [0.05, 0.1) is 11.1 Å². The first kappa shape index (κ1) is 9.57. The number of hydrogen-bond acceptors (Lipinski definition) is 2. The van der Waals surface area contributed by atoms with Crippen LogP contribution in [0.3, 0.4) is 0 Å². The highest BCUT2D eigenvalue weighted by Gasteiger charge is 2.30. The molecule has 2 nitrogen and oxygen atoms in total. The molecule has 0 saturated heterocycles. The van der Waals surface area contributed by atoms with Gasteiger partial charge in [0.15, 0.2) is 0 Å².